The number of guanidine groups is 1. The summed E-state index contributed by atoms with van der Waals surface area (Å²) in [5, 5.41) is 0.836. The second-order valence-corrected chi connectivity index (χ2v) is 5.70. The van der Waals surface area contributed by atoms with Gasteiger partial charge in [0.25, 0.3) is 5.91 Å². The van der Waals surface area contributed by atoms with Gasteiger partial charge in [0, 0.05) is 10.0 Å². The van der Waals surface area contributed by atoms with E-state index in [4.69, 9.17) is 40.4 Å². The zero-order valence-corrected chi connectivity index (χ0v) is 13.8. The van der Waals surface area contributed by atoms with Gasteiger partial charge in [-0.3, -0.25) is 4.79 Å². The van der Waals surface area contributed by atoms with Crippen molar-refractivity contribution in [1.29, 1.82) is 0 Å². The zero-order chi connectivity index (χ0) is 17.4. The van der Waals surface area contributed by atoms with Gasteiger partial charge in [-0.05, 0) is 36.5 Å². The fourth-order valence-electron chi connectivity index (χ4n) is 1.52. The summed E-state index contributed by atoms with van der Waals surface area (Å²) in [6.07, 6.45) is 1.70. The Labute approximate surface area is 143 Å². The van der Waals surface area contributed by atoms with E-state index in [-0.39, 0.29) is 12.4 Å². The predicted octanol–water partition coefficient (Wildman–Crippen LogP) is 1.83. The van der Waals surface area contributed by atoms with E-state index in [1.807, 2.05) is 0 Å². The second kappa shape index (κ2) is 9.22. The van der Waals surface area contributed by atoms with Crippen LogP contribution in [0.5, 0.6) is 0 Å². The van der Waals surface area contributed by atoms with Crippen molar-refractivity contribution >= 4 is 41.2 Å². The number of carbonyl (C=O) groups is 2. The molecule has 1 saturated carbocycles. The van der Waals surface area contributed by atoms with Crippen LogP contribution in [0.1, 0.15) is 18.4 Å². The van der Waals surface area contributed by atoms with Crippen molar-refractivity contribution in [2.45, 2.75) is 19.3 Å². The lowest BCUT2D eigenvalue weighted by atomic mass is 10.1. The summed E-state index contributed by atoms with van der Waals surface area (Å²) in [4.78, 5) is 24.6. The van der Waals surface area contributed by atoms with Crippen molar-refractivity contribution < 1.29 is 14.3 Å². The molecule has 2 amide bonds. The Bertz CT molecular complexity index is 579. The van der Waals surface area contributed by atoms with Crippen LogP contribution in [0, 0.1) is 5.92 Å². The quantitative estimate of drug-likeness (QED) is 0.556. The Morgan fingerprint density at radius 1 is 1.17 bits per heavy atom. The average Bonchev–Trinajstić information content (AvgIpc) is 3.25. The molecule has 0 bridgehead atoms. The van der Waals surface area contributed by atoms with Crippen LogP contribution in [-0.2, 0) is 16.0 Å². The number of amides is 2. The number of nitrogens with zero attached hydrogens (tertiary/aromatic N) is 1. The van der Waals surface area contributed by atoms with Gasteiger partial charge >= 0.3 is 6.09 Å². The standard InChI is InChI=1S/C9H9Cl2N3O.C5H9NO2/c10-6-2-1-3-7(11)5(6)4-8(15)14-9(12)13;6-5(7)8-3-4-1-2-4/h1-3H,4H2,(H4,12,13,14,15);4H,1-3H2,(H2,6,7). The van der Waals surface area contributed by atoms with E-state index in [0.717, 1.165) is 0 Å². The predicted molar refractivity (Wildman–Crippen MR) is 89.2 cm³/mol. The maximum absolute atomic E-state index is 11.3. The van der Waals surface area contributed by atoms with Gasteiger partial charge in [-0.2, -0.15) is 4.99 Å². The van der Waals surface area contributed by atoms with Crippen LogP contribution in [0.4, 0.5) is 4.79 Å². The number of hydrogen-bond donors (Lipinski definition) is 3. The van der Waals surface area contributed by atoms with E-state index >= 15 is 0 Å². The third kappa shape index (κ3) is 8.27. The first-order valence-electron chi connectivity index (χ1n) is 6.77. The van der Waals surface area contributed by atoms with Gasteiger partial charge in [0.2, 0.25) is 0 Å². The van der Waals surface area contributed by atoms with E-state index in [0.29, 0.717) is 28.1 Å². The lowest BCUT2D eigenvalue weighted by molar-refractivity contribution is -0.117. The third-order valence-electron chi connectivity index (χ3n) is 2.80. The lowest BCUT2D eigenvalue weighted by Gasteiger charge is -2.03. The minimum atomic E-state index is -0.656. The van der Waals surface area contributed by atoms with Crippen molar-refractivity contribution in [2.24, 2.45) is 28.1 Å². The molecule has 2 rings (SSSR count). The Kier molecular flexibility index (Phi) is 7.64. The van der Waals surface area contributed by atoms with E-state index < -0.39 is 12.0 Å². The smallest absolute Gasteiger partial charge is 0.404 e. The van der Waals surface area contributed by atoms with E-state index in [1.165, 1.54) is 12.8 Å². The van der Waals surface area contributed by atoms with E-state index in [9.17, 15) is 9.59 Å². The van der Waals surface area contributed by atoms with Crippen LogP contribution in [0.2, 0.25) is 10.0 Å². The first-order chi connectivity index (χ1) is 10.8. The summed E-state index contributed by atoms with van der Waals surface area (Å²) in [6.45, 7) is 0.523. The molecule has 0 atom stereocenters. The minimum absolute atomic E-state index is 0.0175. The molecular weight excluding hydrogens is 343 g/mol. The third-order valence-corrected chi connectivity index (χ3v) is 3.51. The Hall–Kier alpha value is -1.99. The average molecular weight is 361 g/mol. The molecule has 0 aliphatic heterocycles. The van der Waals surface area contributed by atoms with Gasteiger partial charge in [-0.25, -0.2) is 4.79 Å². The van der Waals surface area contributed by atoms with Crippen molar-refractivity contribution in [3.63, 3.8) is 0 Å². The molecule has 126 valence electrons. The molecule has 0 unspecified atom stereocenters. The zero-order valence-electron chi connectivity index (χ0n) is 12.3. The van der Waals surface area contributed by atoms with Crippen LogP contribution in [0.25, 0.3) is 0 Å². The number of halogens is 2. The molecule has 0 spiro atoms. The largest absolute Gasteiger partial charge is 0.449 e. The summed E-state index contributed by atoms with van der Waals surface area (Å²) in [7, 11) is 0. The summed E-state index contributed by atoms with van der Waals surface area (Å²) in [5.41, 5.74) is 15.4. The highest BCUT2D eigenvalue weighted by atomic mass is 35.5. The molecule has 6 N–H and O–H groups in total. The number of benzene rings is 1. The number of aliphatic imine (C=N–C) groups is 1. The molecule has 0 aromatic heterocycles. The molecule has 7 nitrogen and oxygen atoms in total. The molecule has 1 aliphatic carbocycles. The van der Waals surface area contributed by atoms with Crippen LogP contribution in [0.3, 0.4) is 0 Å². The first kappa shape index (κ1) is 19.1. The fourth-order valence-corrected chi connectivity index (χ4v) is 2.05. The van der Waals surface area contributed by atoms with Crippen LogP contribution in [-0.4, -0.2) is 24.6 Å². The summed E-state index contributed by atoms with van der Waals surface area (Å²) in [6, 6.07) is 4.98. The summed E-state index contributed by atoms with van der Waals surface area (Å²) >= 11 is 11.7. The molecule has 23 heavy (non-hydrogen) atoms. The molecular formula is C14H18Cl2N4O3. The molecule has 1 aliphatic rings. The highest BCUT2D eigenvalue weighted by molar-refractivity contribution is 6.36. The monoisotopic (exact) mass is 360 g/mol. The fraction of sp³-hybridized carbons (Fsp3) is 0.357. The molecule has 1 fully saturated rings. The van der Waals surface area contributed by atoms with Crippen LogP contribution >= 0.6 is 23.2 Å². The number of ether oxygens (including phenoxy) is 1. The topological polar surface area (TPSA) is 134 Å². The number of rotatable bonds is 4. The van der Waals surface area contributed by atoms with Gasteiger partial charge < -0.3 is 21.9 Å². The molecule has 0 saturated heterocycles. The van der Waals surface area contributed by atoms with E-state index in [1.54, 1.807) is 18.2 Å². The van der Waals surface area contributed by atoms with Gasteiger partial charge in [-0.1, -0.05) is 29.3 Å². The number of primary amides is 1. The summed E-state index contributed by atoms with van der Waals surface area (Å²) < 4.78 is 4.50. The summed E-state index contributed by atoms with van der Waals surface area (Å²) in [5.74, 6) is -0.143. The first-order valence-corrected chi connectivity index (χ1v) is 7.52. The number of carbonyl (C=O) groups excluding carboxylic acids is 2. The highest BCUT2D eigenvalue weighted by Gasteiger charge is 2.22. The molecule has 1 aromatic carbocycles. The molecule has 0 heterocycles. The molecule has 0 radical (unpaired) electrons. The van der Waals surface area contributed by atoms with Crippen molar-refractivity contribution in [1.82, 2.24) is 0 Å². The highest BCUT2D eigenvalue weighted by Crippen LogP contribution is 2.28. The SMILES string of the molecule is NC(=O)OCC1CC1.NC(N)=NC(=O)Cc1c(Cl)cccc1Cl. The number of hydrogen-bond acceptors (Lipinski definition) is 3. The number of nitrogens with two attached hydrogens (primary N) is 3. The molecule has 9 heteroatoms. The van der Waals surface area contributed by atoms with Crippen molar-refractivity contribution in [3.05, 3.63) is 33.8 Å². The Morgan fingerprint density at radius 2 is 1.74 bits per heavy atom. The van der Waals surface area contributed by atoms with Gasteiger partial charge in [-0.15, -0.1) is 0 Å². The van der Waals surface area contributed by atoms with Gasteiger partial charge in [0.05, 0.1) is 13.0 Å². The lowest BCUT2D eigenvalue weighted by Crippen LogP contribution is -2.24. The normalized spacial score (nSPS) is 12.6. The van der Waals surface area contributed by atoms with E-state index in [2.05, 4.69) is 9.73 Å². The van der Waals surface area contributed by atoms with Crippen LogP contribution in [0.15, 0.2) is 23.2 Å². The Balaban J connectivity index is 0.000000277. The second-order valence-electron chi connectivity index (χ2n) is 4.88. The molecule has 1 aromatic rings. The maximum atomic E-state index is 11.3. The van der Waals surface area contributed by atoms with Gasteiger partial charge in [0.1, 0.15) is 0 Å². The Morgan fingerprint density at radius 3 is 2.17 bits per heavy atom. The van der Waals surface area contributed by atoms with Crippen LogP contribution < -0.4 is 17.2 Å². The van der Waals surface area contributed by atoms with Gasteiger partial charge in [0.15, 0.2) is 5.96 Å². The minimum Gasteiger partial charge on any atom is -0.449 e. The van der Waals surface area contributed by atoms with Crippen molar-refractivity contribution in [3.8, 4) is 0 Å². The maximum Gasteiger partial charge on any atom is 0.404 e. The van der Waals surface area contributed by atoms with Crippen molar-refractivity contribution in [2.75, 3.05) is 6.61 Å².